The molecule has 0 saturated heterocycles. The predicted molar refractivity (Wildman–Crippen MR) is 60.3 cm³/mol. The number of carbonyl (C=O) groups excluding carboxylic acids is 1. The summed E-state index contributed by atoms with van der Waals surface area (Å²) in [5.41, 5.74) is 0.513. The second kappa shape index (κ2) is 4.27. The maximum atomic E-state index is 11.4. The highest BCUT2D eigenvalue weighted by molar-refractivity contribution is 7.91. The van der Waals surface area contributed by atoms with Crippen LogP contribution in [-0.4, -0.2) is 16.4 Å². The van der Waals surface area contributed by atoms with Crippen molar-refractivity contribution >= 4 is 21.3 Å². The predicted octanol–water partition coefficient (Wildman–Crippen LogP) is 1.85. The number of nitrogens with one attached hydrogen (secondary N) is 2. The number of rotatable bonds is 3. The smallest absolute Gasteiger partial charge is 0.247 e. The first-order valence-corrected chi connectivity index (χ1v) is 6.17. The Labute approximate surface area is 89.0 Å². The zero-order valence-electron chi connectivity index (χ0n) is 8.32. The molecule has 1 unspecified atom stereocenters. The van der Waals surface area contributed by atoms with Crippen LogP contribution in [0.25, 0.3) is 0 Å². The van der Waals surface area contributed by atoms with E-state index < -0.39 is 9.73 Å². The summed E-state index contributed by atoms with van der Waals surface area (Å²) in [6.07, 6.45) is 2.48. The Kier molecular flexibility index (Phi) is 3.26. The minimum absolute atomic E-state index is 0.334. The van der Waals surface area contributed by atoms with Crippen molar-refractivity contribution in [2.24, 2.45) is 0 Å². The fourth-order valence-electron chi connectivity index (χ4n) is 1.01. The molecule has 0 bridgehead atoms. The van der Waals surface area contributed by atoms with Crippen LogP contribution in [0.2, 0.25) is 0 Å². The van der Waals surface area contributed by atoms with Gasteiger partial charge < -0.3 is 5.32 Å². The number of hydrogen-bond acceptors (Lipinski definition) is 3. The maximum absolute atomic E-state index is 11.4. The van der Waals surface area contributed by atoms with Crippen molar-refractivity contribution in [3.8, 4) is 0 Å². The molecule has 0 radical (unpaired) electrons. The standard InChI is InChI=1S/C10H12N2O2S/c1-3-10(13)12-8-5-4-6-9(7-8)15(2,11)14/h3-7,11H,1H2,2H3,(H,12,13). The first kappa shape index (κ1) is 11.5. The average molecular weight is 224 g/mol. The van der Waals surface area contributed by atoms with Gasteiger partial charge in [-0.15, -0.1) is 0 Å². The van der Waals surface area contributed by atoms with Gasteiger partial charge in [0.2, 0.25) is 5.91 Å². The third kappa shape index (κ3) is 3.21. The van der Waals surface area contributed by atoms with Gasteiger partial charge in [0.15, 0.2) is 0 Å². The van der Waals surface area contributed by atoms with Gasteiger partial charge in [-0.2, -0.15) is 0 Å². The van der Waals surface area contributed by atoms with E-state index >= 15 is 0 Å². The van der Waals surface area contributed by atoms with Crippen LogP contribution in [-0.2, 0) is 14.5 Å². The second-order valence-electron chi connectivity index (χ2n) is 3.06. The number of anilines is 1. The zero-order chi connectivity index (χ0) is 11.5. The van der Waals surface area contributed by atoms with E-state index in [1.807, 2.05) is 0 Å². The normalized spacial score (nSPS) is 13.9. The Balaban J connectivity index is 3.03. The molecular weight excluding hydrogens is 212 g/mol. The summed E-state index contributed by atoms with van der Waals surface area (Å²) in [5.74, 6) is -0.334. The quantitative estimate of drug-likeness (QED) is 0.769. The van der Waals surface area contributed by atoms with Gasteiger partial charge in [0.25, 0.3) is 0 Å². The van der Waals surface area contributed by atoms with Crippen LogP contribution in [0, 0.1) is 4.78 Å². The highest BCUT2D eigenvalue weighted by atomic mass is 32.2. The molecule has 1 amide bonds. The molecule has 80 valence electrons. The van der Waals surface area contributed by atoms with Crippen LogP contribution in [0.5, 0.6) is 0 Å². The molecule has 0 aliphatic heterocycles. The van der Waals surface area contributed by atoms with Gasteiger partial charge in [-0.1, -0.05) is 12.6 Å². The van der Waals surface area contributed by atoms with E-state index in [1.54, 1.807) is 18.2 Å². The minimum Gasteiger partial charge on any atom is -0.322 e. The van der Waals surface area contributed by atoms with Crippen LogP contribution >= 0.6 is 0 Å². The zero-order valence-corrected chi connectivity index (χ0v) is 9.14. The first-order chi connectivity index (χ1) is 6.93. The number of amides is 1. The lowest BCUT2D eigenvalue weighted by atomic mass is 10.3. The topological polar surface area (TPSA) is 70.0 Å². The fraction of sp³-hybridized carbons (Fsp3) is 0.100. The van der Waals surface area contributed by atoms with Crippen molar-refractivity contribution in [3.63, 3.8) is 0 Å². The maximum Gasteiger partial charge on any atom is 0.247 e. The lowest BCUT2D eigenvalue weighted by molar-refractivity contribution is -0.111. The van der Waals surface area contributed by atoms with Gasteiger partial charge >= 0.3 is 0 Å². The van der Waals surface area contributed by atoms with Gasteiger partial charge in [0.1, 0.15) is 0 Å². The Morgan fingerprint density at radius 1 is 1.60 bits per heavy atom. The van der Waals surface area contributed by atoms with Crippen molar-refractivity contribution < 1.29 is 9.00 Å². The van der Waals surface area contributed by atoms with Crippen molar-refractivity contribution in [1.82, 2.24) is 0 Å². The summed E-state index contributed by atoms with van der Waals surface area (Å²) in [7, 11) is -2.74. The molecule has 0 aliphatic carbocycles. The second-order valence-corrected chi connectivity index (χ2v) is 5.22. The van der Waals surface area contributed by atoms with Gasteiger partial charge in [-0.05, 0) is 24.3 Å². The summed E-state index contributed by atoms with van der Waals surface area (Å²) < 4.78 is 18.8. The lowest BCUT2D eigenvalue weighted by Crippen LogP contribution is -2.07. The van der Waals surface area contributed by atoms with E-state index in [-0.39, 0.29) is 5.91 Å². The molecule has 1 atom stereocenters. The first-order valence-electron chi connectivity index (χ1n) is 4.21. The van der Waals surface area contributed by atoms with E-state index in [1.165, 1.54) is 12.3 Å². The molecule has 15 heavy (non-hydrogen) atoms. The van der Waals surface area contributed by atoms with Crippen LogP contribution in [0.15, 0.2) is 41.8 Å². The Morgan fingerprint density at radius 2 is 2.27 bits per heavy atom. The molecule has 0 fully saturated rings. The van der Waals surface area contributed by atoms with Crippen molar-refractivity contribution in [3.05, 3.63) is 36.9 Å². The molecule has 0 aromatic heterocycles. The molecule has 0 heterocycles. The Hall–Kier alpha value is -1.62. The number of hydrogen-bond donors (Lipinski definition) is 2. The highest BCUT2D eigenvalue weighted by Crippen LogP contribution is 2.15. The van der Waals surface area contributed by atoms with Gasteiger partial charge in [-0.3, -0.25) is 4.79 Å². The van der Waals surface area contributed by atoms with Crippen LogP contribution in [0.1, 0.15) is 0 Å². The Bertz CT molecular complexity index is 492. The fourth-order valence-corrected chi connectivity index (χ4v) is 1.70. The molecule has 1 aromatic rings. The minimum atomic E-state index is -2.74. The van der Waals surface area contributed by atoms with E-state index in [9.17, 15) is 9.00 Å². The molecule has 4 nitrogen and oxygen atoms in total. The van der Waals surface area contributed by atoms with Gasteiger partial charge in [-0.25, -0.2) is 8.99 Å². The molecule has 0 aliphatic rings. The summed E-state index contributed by atoms with van der Waals surface area (Å²) in [5, 5.41) is 2.54. The highest BCUT2D eigenvalue weighted by Gasteiger charge is 2.04. The number of benzene rings is 1. The summed E-state index contributed by atoms with van der Waals surface area (Å²) in [6, 6.07) is 6.43. The number of carbonyl (C=O) groups is 1. The molecule has 2 N–H and O–H groups in total. The summed E-state index contributed by atoms with van der Waals surface area (Å²) >= 11 is 0. The van der Waals surface area contributed by atoms with E-state index in [0.717, 1.165) is 6.08 Å². The molecule has 0 spiro atoms. The van der Waals surface area contributed by atoms with Crippen LogP contribution < -0.4 is 5.32 Å². The van der Waals surface area contributed by atoms with E-state index in [2.05, 4.69) is 11.9 Å². The molecule has 5 heteroatoms. The average Bonchev–Trinajstić information content (AvgIpc) is 2.17. The molecule has 0 saturated carbocycles. The van der Waals surface area contributed by atoms with Crippen molar-refractivity contribution in [2.45, 2.75) is 4.90 Å². The van der Waals surface area contributed by atoms with Crippen LogP contribution in [0.3, 0.4) is 0 Å². The summed E-state index contributed by atoms with van der Waals surface area (Å²) in [4.78, 5) is 11.4. The third-order valence-electron chi connectivity index (χ3n) is 1.74. The third-order valence-corrected chi connectivity index (χ3v) is 2.89. The lowest BCUT2D eigenvalue weighted by Gasteiger charge is -2.05. The SMILES string of the molecule is C=CC(=O)Nc1cccc(S(C)(=N)=O)c1. The Morgan fingerprint density at radius 3 is 2.80 bits per heavy atom. The van der Waals surface area contributed by atoms with E-state index in [0.29, 0.717) is 10.6 Å². The molecular formula is C10H12N2O2S. The van der Waals surface area contributed by atoms with Crippen LogP contribution in [0.4, 0.5) is 5.69 Å². The van der Waals surface area contributed by atoms with Gasteiger partial charge in [0.05, 0.1) is 9.73 Å². The summed E-state index contributed by atoms with van der Waals surface area (Å²) in [6.45, 7) is 3.32. The van der Waals surface area contributed by atoms with Crippen molar-refractivity contribution in [2.75, 3.05) is 11.6 Å². The van der Waals surface area contributed by atoms with E-state index in [4.69, 9.17) is 4.78 Å². The molecule has 1 rings (SSSR count). The van der Waals surface area contributed by atoms with Crippen molar-refractivity contribution in [1.29, 1.82) is 4.78 Å². The van der Waals surface area contributed by atoms with Gasteiger partial charge in [0, 0.05) is 16.8 Å². The largest absolute Gasteiger partial charge is 0.322 e. The monoisotopic (exact) mass is 224 g/mol. The molecule has 1 aromatic carbocycles.